The first-order valence-electron chi connectivity index (χ1n) is 11.4. The molecule has 0 spiro atoms. The van der Waals surface area contributed by atoms with Crippen molar-refractivity contribution in [2.24, 2.45) is 0 Å². The average Bonchev–Trinajstić information content (AvgIpc) is 2.86. The fourth-order valence-electron chi connectivity index (χ4n) is 4.09. The van der Waals surface area contributed by atoms with E-state index in [2.05, 4.69) is 4.98 Å². The van der Waals surface area contributed by atoms with E-state index in [-0.39, 0.29) is 24.2 Å². The van der Waals surface area contributed by atoms with Crippen LogP contribution < -0.4 is 9.47 Å². The smallest absolute Gasteiger partial charge is 0.418 e. The summed E-state index contributed by atoms with van der Waals surface area (Å²) in [6, 6.07) is 11.0. The lowest BCUT2D eigenvalue weighted by Crippen LogP contribution is -2.17. The number of aromatic nitrogens is 1. The Hall–Kier alpha value is -3.56. The fourth-order valence-corrected chi connectivity index (χ4v) is 4.09. The zero-order valence-electron chi connectivity index (χ0n) is 20.1. The Labute approximate surface area is 210 Å². The van der Waals surface area contributed by atoms with Crippen LogP contribution in [0.4, 0.5) is 26.3 Å². The predicted octanol–water partition coefficient (Wildman–Crippen LogP) is 7.25. The van der Waals surface area contributed by atoms with E-state index in [9.17, 15) is 31.1 Å². The van der Waals surface area contributed by atoms with Crippen LogP contribution in [0.25, 0.3) is 0 Å². The van der Waals surface area contributed by atoms with Crippen molar-refractivity contribution in [2.75, 3.05) is 14.2 Å². The first kappa shape index (κ1) is 28.0. The van der Waals surface area contributed by atoms with Gasteiger partial charge < -0.3 is 9.47 Å². The van der Waals surface area contributed by atoms with Crippen LogP contribution in [0.15, 0.2) is 60.8 Å². The molecule has 0 bridgehead atoms. The number of Topliss-reactive ketones (excluding diaryl/α,β-unsaturated/α-hetero) is 1. The average molecular weight is 525 g/mol. The molecule has 0 saturated heterocycles. The second-order valence-electron chi connectivity index (χ2n) is 8.38. The second-order valence-corrected chi connectivity index (χ2v) is 8.38. The molecule has 0 saturated carbocycles. The van der Waals surface area contributed by atoms with Gasteiger partial charge in [-0.2, -0.15) is 26.3 Å². The molecule has 3 rings (SSSR count). The number of rotatable bonds is 10. The maximum absolute atomic E-state index is 13.7. The molecular formula is C27H25F6NO3. The van der Waals surface area contributed by atoms with E-state index >= 15 is 0 Å². The summed E-state index contributed by atoms with van der Waals surface area (Å²) in [5, 5.41) is 0. The molecule has 10 heteroatoms. The number of carbonyl (C=O) groups is 1. The van der Waals surface area contributed by atoms with E-state index in [4.69, 9.17) is 9.47 Å². The third-order valence-corrected chi connectivity index (χ3v) is 5.94. The highest BCUT2D eigenvalue weighted by atomic mass is 19.4. The number of aryl methyl sites for hydroxylation is 1. The minimum atomic E-state index is -4.75. The maximum atomic E-state index is 13.7. The quantitative estimate of drug-likeness (QED) is 0.262. The van der Waals surface area contributed by atoms with Gasteiger partial charge >= 0.3 is 12.4 Å². The van der Waals surface area contributed by atoms with Gasteiger partial charge in [0.2, 0.25) is 0 Å². The molecular weight excluding hydrogens is 500 g/mol. The number of pyridine rings is 1. The number of ether oxygens (including phenoxy) is 2. The van der Waals surface area contributed by atoms with Gasteiger partial charge in [0.25, 0.3) is 0 Å². The van der Waals surface area contributed by atoms with Gasteiger partial charge in [-0.25, -0.2) is 0 Å². The molecule has 37 heavy (non-hydrogen) atoms. The van der Waals surface area contributed by atoms with Crippen molar-refractivity contribution in [3.63, 3.8) is 0 Å². The number of nitrogens with zero attached hydrogens (tertiary/aromatic N) is 1. The lowest BCUT2D eigenvalue weighted by atomic mass is 9.86. The number of alkyl halides is 6. The molecule has 1 atom stereocenters. The van der Waals surface area contributed by atoms with E-state index in [0.29, 0.717) is 24.3 Å². The highest BCUT2D eigenvalue weighted by molar-refractivity contribution is 5.80. The Kier molecular flexibility index (Phi) is 8.83. The second kappa shape index (κ2) is 11.7. The molecule has 0 aliphatic heterocycles. The van der Waals surface area contributed by atoms with Crippen LogP contribution >= 0.6 is 0 Å². The summed E-state index contributed by atoms with van der Waals surface area (Å²) in [6.07, 6.45) is -7.65. The standard InChI is InChI=1S/C27H25F6NO3/c1-36-21-12-13-24(37-2)18(15-21)5-3-6-20(35)16-22(17-8-10-19(11-9-17)26(28,29)30)25-23(27(31,32)33)7-4-14-34-25/h4,7-15,22H,3,5-6,16H2,1-2H3/t22-/m0/s1. The maximum Gasteiger partial charge on any atom is 0.418 e. The Morgan fingerprint density at radius 2 is 1.62 bits per heavy atom. The molecule has 1 aromatic heterocycles. The summed E-state index contributed by atoms with van der Waals surface area (Å²) in [5.74, 6) is -0.289. The number of halogens is 6. The molecule has 0 aliphatic carbocycles. The summed E-state index contributed by atoms with van der Waals surface area (Å²) >= 11 is 0. The van der Waals surface area contributed by atoms with E-state index in [1.807, 2.05) is 0 Å². The van der Waals surface area contributed by atoms with Crippen molar-refractivity contribution in [1.82, 2.24) is 4.98 Å². The topological polar surface area (TPSA) is 48.4 Å². The Bertz CT molecular complexity index is 1210. The summed E-state index contributed by atoms with van der Waals surface area (Å²) < 4.78 is 90.7. The first-order valence-corrected chi connectivity index (χ1v) is 11.4. The number of hydrogen-bond donors (Lipinski definition) is 0. The largest absolute Gasteiger partial charge is 0.497 e. The molecule has 1 heterocycles. The lowest BCUT2D eigenvalue weighted by Gasteiger charge is -2.21. The van der Waals surface area contributed by atoms with Crippen molar-refractivity contribution in [3.05, 3.63) is 88.7 Å². The summed E-state index contributed by atoms with van der Waals surface area (Å²) in [6.45, 7) is 0. The molecule has 2 aromatic carbocycles. The van der Waals surface area contributed by atoms with Crippen molar-refractivity contribution in [1.29, 1.82) is 0 Å². The number of carbonyl (C=O) groups excluding carboxylic acids is 1. The van der Waals surface area contributed by atoms with E-state index in [1.165, 1.54) is 20.4 Å². The van der Waals surface area contributed by atoms with Crippen LogP contribution in [0.2, 0.25) is 0 Å². The van der Waals surface area contributed by atoms with Gasteiger partial charge in [0.15, 0.2) is 0 Å². The van der Waals surface area contributed by atoms with E-state index < -0.39 is 35.1 Å². The van der Waals surface area contributed by atoms with Gasteiger partial charge in [-0.15, -0.1) is 0 Å². The Morgan fingerprint density at radius 3 is 2.22 bits per heavy atom. The summed E-state index contributed by atoms with van der Waals surface area (Å²) in [7, 11) is 3.03. The van der Waals surface area contributed by atoms with Crippen molar-refractivity contribution in [3.8, 4) is 11.5 Å². The van der Waals surface area contributed by atoms with E-state index in [1.54, 1.807) is 18.2 Å². The number of hydrogen-bond acceptors (Lipinski definition) is 4. The van der Waals surface area contributed by atoms with Crippen LogP contribution in [0.3, 0.4) is 0 Å². The molecule has 0 fully saturated rings. The zero-order chi connectivity index (χ0) is 27.2. The van der Waals surface area contributed by atoms with Crippen LogP contribution in [0, 0.1) is 0 Å². The number of benzene rings is 2. The van der Waals surface area contributed by atoms with Gasteiger partial charge in [0.1, 0.15) is 17.3 Å². The summed E-state index contributed by atoms with van der Waals surface area (Å²) in [4.78, 5) is 16.8. The van der Waals surface area contributed by atoms with Crippen LogP contribution in [-0.2, 0) is 23.6 Å². The molecule has 0 aliphatic rings. The number of ketones is 1. The van der Waals surface area contributed by atoms with Crippen molar-refractivity contribution in [2.45, 2.75) is 44.0 Å². The van der Waals surface area contributed by atoms with Crippen LogP contribution in [-0.4, -0.2) is 25.0 Å². The lowest BCUT2D eigenvalue weighted by molar-refractivity contribution is -0.139. The van der Waals surface area contributed by atoms with Gasteiger partial charge in [-0.3, -0.25) is 9.78 Å². The minimum absolute atomic E-state index is 0.0473. The fraction of sp³-hybridized carbons (Fsp3) is 0.333. The number of methoxy groups -OCH3 is 2. The predicted molar refractivity (Wildman–Crippen MR) is 125 cm³/mol. The van der Waals surface area contributed by atoms with Gasteiger partial charge in [0.05, 0.1) is 31.0 Å². The van der Waals surface area contributed by atoms with Crippen molar-refractivity contribution >= 4 is 5.78 Å². The molecule has 0 N–H and O–H groups in total. The third kappa shape index (κ3) is 7.24. The Balaban J connectivity index is 1.84. The summed E-state index contributed by atoms with van der Waals surface area (Å²) in [5.41, 5.74) is -1.44. The van der Waals surface area contributed by atoms with Gasteiger partial charge in [-0.05, 0) is 66.4 Å². The zero-order valence-corrected chi connectivity index (χ0v) is 20.1. The molecule has 198 valence electrons. The first-order chi connectivity index (χ1) is 17.4. The highest BCUT2D eigenvalue weighted by Crippen LogP contribution is 2.39. The van der Waals surface area contributed by atoms with Crippen molar-refractivity contribution < 1.29 is 40.6 Å². The molecule has 0 radical (unpaired) electrons. The SMILES string of the molecule is COc1ccc(OC)c(CCCC(=O)C[C@@H](c2ccc(C(F)(F)F)cc2)c2ncccc2C(F)(F)F)c1. The Morgan fingerprint density at radius 1 is 0.919 bits per heavy atom. The normalized spacial score (nSPS) is 12.8. The monoisotopic (exact) mass is 525 g/mol. The highest BCUT2D eigenvalue weighted by Gasteiger charge is 2.37. The molecule has 0 amide bonds. The van der Waals surface area contributed by atoms with Crippen LogP contribution in [0.1, 0.15) is 53.1 Å². The minimum Gasteiger partial charge on any atom is -0.497 e. The van der Waals surface area contributed by atoms with Gasteiger partial charge in [-0.1, -0.05) is 12.1 Å². The molecule has 3 aromatic rings. The molecule has 4 nitrogen and oxygen atoms in total. The van der Waals surface area contributed by atoms with Gasteiger partial charge in [0, 0.05) is 25.0 Å². The third-order valence-electron chi connectivity index (χ3n) is 5.94. The van der Waals surface area contributed by atoms with Crippen LogP contribution in [0.5, 0.6) is 11.5 Å². The van der Waals surface area contributed by atoms with E-state index in [0.717, 1.165) is 42.0 Å². The molecule has 0 unspecified atom stereocenters.